The molecule has 0 atom stereocenters. The minimum atomic E-state index is -0.564. The topological polar surface area (TPSA) is 93.2 Å². The lowest BCUT2D eigenvalue weighted by Crippen LogP contribution is -2.17. The van der Waals surface area contributed by atoms with Gasteiger partial charge in [-0.05, 0) is 18.2 Å². The Hall–Kier alpha value is -3.81. The summed E-state index contributed by atoms with van der Waals surface area (Å²) in [6.45, 7) is 0.204. The minimum Gasteiger partial charge on any atom is -0.465 e. The fourth-order valence-electron chi connectivity index (χ4n) is 2.47. The standard InChI is InChI=1S/C20H17FN4O3/c1-28-20(27)14-7-3-5-9-16(14)25-19(26)17-10-18(24-12-23-17)22-11-13-6-2-4-8-15(13)21/h2-10,12H,11H2,1H3,(H,25,26)(H,22,23,24). The van der Waals surface area contributed by atoms with Crippen LogP contribution in [0.5, 0.6) is 0 Å². The monoisotopic (exact) mass is 380 g/mol. The van der Waals surface area contributed by atoms with Crippen LogP contribution in [-0.4, -0.2) is 29.0 Å². The number of carbonyl (C=O) groups is 2. The van der Waals surface area contributed by atoms with E-state index in [-0.39, 0.29) is 23.6 Å². The van der Waals surface area contributed by atoms with Crippen molar-refractivity contribution in [2.45, 2.75) is 6.54 Å². The molecule has 0 unspecified atom stereocenters. The average Bonchev–Trinajstić information content (AvgIpc) is 2.73. The van der Waals surface area contributed by atoms with Gasteiger partial charge in [-0.2, -0.15) is 0 Å². The summed E-state index contributed by atoms with van der Waals surface area (Å²) in [7, 11) is 1.26. The number of carbonyl (C=O) groups excluding carboxylic acids is 2. The van der Waals surface area contributed by atoms with Crippen LogP contribution in [0.15, 0.2) is 60.9 Å². The second kappa shape index (κ2) is 8.72. The lowest BCUT2D eigenvalue weighted by Gasteiger charge is -2.10. The summed E-state index contributed by atoms with van der Waals surface area (Å²) in [6.07, 6.45) is 1.23. The maximum atomic E-state index is 13.7. The highest BCUT2D eigenvalue weighted by atomic mass is 19.1. The van der Waals surface area contributed by atoms with E-state index in [9.17, 15) is 14.0 Å². The van der Waals surface area contributed by atoms with E-state index in [0.717, 1.165) is 0 Å². The Bertz CT molecular complexity index is 1010. The van der Waals surface area contributed by atoms with Crippen molar-refractivity contribution in [2.24, 2.45) is 0 Å². The Labute approximate surface area is 160 Å². The van der Waals surface area contributed by atoms with Crippen LogP contribution in [0.4, 0.5) is 15.9 Å². The molecule has 0 bridgehead atoms. The highest BCUT2D eigenvalue weighted by Crippen LogP contribution is 2.17. The van der Waals surface area contributed by atoms with Gasteiger partial charge < -0.3 is 15.4 Å². The molecule has 0 aliphatic heterocycles. The quantitative estimate of drug-likeness (QED) is 0.638. The first kappa shape index (κ1) is 19.0. The van der Waals surface area contributed by atoms with Gasteiger partial charge in [0.2, 0.25) is 0 Å². The third-order valence-corrected chi connectivity index (χ3v) is 3.90. The normalized spacial score (nSPS) is 10.2. The van der Waals surface area contributed by atoms with Crippen molar-refractivity contribution in [1.82, 2.24) is 9.97 Å². The summed E-state index contributed by atoms with van der Waals surface area (Å²) in [5, 5.41) is 5.59. The van der Waals surface area contributed by atoms with Crippen LogP contribution in [0.2, 0.25) is 0 Å². The van der Waals surface area contributed by atoms with Crippen LogP contribution in [0.25, 0.3) is 0 Å². The summed E-state index contributed by atoms with van der Waals surface area (Å²) >= 11 is 0. The number of hydrogen-bond donors (Lipinski definition) is 2. The molecule has 3 aromatic rings. The van der Waals surface area contributed by atoms with Crippen molar-refractivity contribution in [1.29, 1.82) is 0 Å². The lowest BCUT2D eigenvalue weighted by molar-refractivity contribution is 0.0602. The van der Waals surface area contributed by atoms with Crippen molar-refractivity contribution >= 4 is 23.4 Å². The van der Waals surface area contributed by atoms with Crippen molar-refractivity contribution < 1.29 is 18.7 Å². The summed E-state index contributed by atoms with van der Waals surface area (Å²) in [5.74, 6) is -1.05. The molecular weight excluding hydrogens is 363 g/mol. The number of halogens is 1. The van der Waals surface area contributed by atoms with E-state index < -0.39 is 11.9 Å². The molecule has 0 spiro atoms. The van der Waals surface area contributed by atoms with Crippen LogP contribution in [-0.2, 0) is 11.3 Å². The van der Waals surface area contributed by atoms with Gasteiger partial charge in [0.15, 0.2) is 0 Å². The highest BCUT2D eigenvalue weighted by molar-refractivity contribution is 6.07. The van der Waals surface area contributed by atoms with E-state index in [2.05, 4.69) is 20.6 Å². The zero-order valence-corrected chi connectivity index (χ0v) is 15.0. The Morgan fingerprint density at radius 3 is 2.61 bits per heavy atom. The molecule has 0 radical (unpaired) electrons. The SMILES string of the molecule is COC(=O)c1ccccc1NC(=O)c1cc(NCc2ccccc2F)ncn1. The van der Waals surface area contributed by atoms with E-state index in [1.165, 1.54) is 25.6 Å². The zero-order chi connectivity index (χ0) is 19.9. The number of aromatic nitrogens is 2. The number of methoxy groups -OCH3 is 1. The van der Waals surface area contributed by atoms with Gasteiger partial charge in [0.25, 0.3) is 5.91 Å². The van der Waals surface area contributed by atoms with Gasteiger partial charge in [0.05, 0.1) is 18.4 Å². The summed E-state index contributed by atoms with van der Waals surface area (Å²) in [4.78, 5) is 32.3. The van der Waals surface area contributed by atoms with Gasteiger partial charge in [-0.15, -0.1) is 0 Å². The molecule has 1 heterocycles. The van der Waals surface area contributed by atoms with Crippen LogP contribution >= 0.6 is 0 Å². The van der Waals surface area contributed by atoms with Gasteiger partial charge >= 0.3 is 5.97 Å². The number of anilines is 2. The number of para-hydroxylation sites is 1. The Kier molecular flexibility index (Phi) is 5.91. The number of ether oxygens (including phenoxy) is 1. The number of benzene rings is 2. The first-order valence-corrected chi connectivity index (χ1v) is 8.36. The number of esters is 1. The van der Waals surface area contributed by atoms with Gasteiger partial charge in [0, 0.05) is 18.2 Å². The predicted molar refractivity (Wildman–Crippen MR) is 101 cm³/mol. The molecule has 0 aliphatic rings. The van der Waals surface area contributed by atoms with Gasteiger partial charge in [-0.25, -0.2) is 19.2 Å². The minimum absolute atomic E-state index is 0.0886. The van der Waals surface area contributed by atoms with Crippen molar-refractivity contribution in [3.63, 3.8) is 0 Å². The first-order chi connectivity index (χ1) is 13.6. The highest BCUT2D eigenvalue weighted by Gasteiger charge is 2.15. The smallest absolute Gasteiger partial charge is 0.339 e. The number of amides is 1. The molecular formula is C20H17FN4O3. The average molecular weight is 380 g/mol. The Morgan fingerprint density at radius 2 is 1.82 bits per heavy atom. The number of rotatable bonds is 6. The molecule has 0 saturated carbocycles. The Balaban J connectivity index is 1.73. The van der Waals surface area contributed by atoms with E-state index in [4.69, 9.17) is 4.74 Å². The summed E-state index contributed by atoms with van der Waals surface area (Å²) in [6, 6.07) is 14.3. The van der Waals surface area contributed by atoms with Crippen LogP contribution in [0.3, 0.4) is 0 Å². The molecule has 0 aliphatic carbocycles. The molecule has 1 aromatic heterocycles. The molecule has 2 N–H and O–H groups in total. The number of nitrogens with one attached hydrogen (secondary N) is 2. The van der Waals surface area contributed by atoms with E-state index in [1.807, 2.05) is 0 Å². The molecule has 3 rings (SSSR count). The Morgan fingerprint density at radius 1 is 1.07 bits per heavy atom. The van der Waals surface area contributed by atoms with Gasteiger partial charge in [-0.1, -0.05) is 30.3 Å². The number of nitrogens with zero attached hydrogens (tertiary/aromatic N) is 2. The van der Waals surface area contributed by atoms with Crippen LogP contribution in [0, 0.1) is 5.82 Å². The zero-order valence-electron chi connectivity index (χ0n) is 15.0. The van der Waals surface area contributed by atoms with Crippen molar-refractivity contribution in [2.75, 3.05) is 17.7 Å². The molecule has 8 heteroatoms. The van der Waals surface area contributed by atoms with Crippen LogP contribution < -0.4 is 10.6 Å². The lowest BCUT2D eigenvalue weighted by atomic mass is 10.1. The molecule has 142 valence electrons. The maximum Gasteiger partial charge on any atom is 0.339 e. The molecule has 2 aromatic carbocycles. The maximum absolute atomic E-state index is 13.7. The fourth-order valence-corrected chi connectivity index (χ4v) is 2.47. The first-order valence-electron chi connectivity index (χ1n) is 8.36. The van der Waals surface area contributed by atoms with Gasteiger partial charge in [-0.3, -0.25) is 4.79 Å². The molecule has 0 fully saturated rings. The third-order valence-electron chi connectivity index (χ3n) is 3.90. The molecule has 1 amide bonds. The van der Waals surface area contributed by atoms with Crippen molar-refractivity contribution in [3.8, 4) is 0 Å². The third kappa shape index (κ3) is 4.47. The molecule has 7 nitrogen and oxygen atoms in total. The predicted octanol–water partition coefficient (Wildman–Crippen LogP) is 3.27. The number of hydrogen-bond acceptors (Lipinski definition) is 6. The van der Waals surface area contributed by atoms with Crippen molar-refractivity contribution in [3.05, 3.63) is 83.6 Å². The van der Waals surface area contributed by atoms with E-state index >= 15 is 0 Å². The molecule has 0 saturated heterocycles. The van der Waals surface area contributed by atoms with E-state index in [1.54, 1.807) is 42.5 Å². The fraction of sp³-hybridized carbons (Fsp3) is 0.100. The van der Waals surface area contributed by atoms with Crippen LogP contribution in [0.1, 0.15) is 26.4 Å². The second-order valence-corrected chi connectivity index (χ2v) is 5.72. The molecule has 28 heavy (non-hydrogen) atoms. The van der Waals surface area contributed by atoms with E-state index in [0.29, 0.717) is 17.1 Å². The largest absolute Gasteiger partial charge is 0.465 e. The summed E-state index contributed by atoms with van der Waals surface area (Å²) in [5.41, 5.74) is 1.09. The second-order valence-electron chi connectivity index (χ2n) is 5.72. The summed E-state index contributed by atoms with van der Waals surface area (Å²) < 4.78 is 18.4. The van der Waals surface area contributed by atoms with Gasteiger partial charge in [0.1, 0.15) is 23.7 Å².